The molecule has 2 aromatic rings. The van der Waals surface area contributed by atoms with Gasteiger partial charge in [-0.1, -0.05) is 6.07 Å². The minimum absolute atomic E-state index is 0.198. The number of amides is 1. The predicted octanol–water partition coefficient (Wildman–Crippen LogP) is 2.99. The molecule has 8 nitrogen and oxygen atoms in total. The number of benzene rings is 1. The molecule has 0 spiro atoms. The normalized spacial score (nSPS) is 12.3. The van der Waals surface area contributed by atoms with Gasteiger partial charge in [-0.15, -0.1) is 10.2 Å². The molecule has 1 saturated carbocycles. The molecule has 1 amide bonds. The van der Waals surface area contributed by atoms with Crippen molar-refractivity contribution in [3.63, 3.8) is 0 Å². The predicted molar refractivity (Wildman–Crippen MR) is 108 cm³/mol. The van der Waals surface area contributed by atoms with Crippen LogP contribution in [0.1, 0.15) is 23.3 Å². The van der Waals surface area contributed by atoms with Crippen molar-refractivity contribution < 1.29 is 14.3 Å². The van der Waals surface area contributed by atoms with Crippen molar-refractivity contribution >= 4 is 45.3 Å². The standard InChI is InChI=1S/C14H16BrN5O2.C4H6O/c1-16-11-7-10(12(20-19-11)14(21)17-2)18-9-6-4-5-8(15)13(9)22-3;5-3-4-1-2-4/h4-7H,1-3H3,(H,17,21)(H2,16,18,19);3-4H,1-2H2. The maximum Gasteiger partial charge on any atom is 0.273 e. The molecule has 3 rings (SSSR count). The number of ether oxygens (including phenoxy) is 1. The second kappa shape index (κ2) is 9.86. The minimum Gasteiger partial charge on any atom is -0.493 e. The Morgan fingerprint density at radius 3 is 2.52 bits per heavy atom. The molecule has 1 aliphatic rings. The maximum absolute atomic E-state index is 11.9. The number of aldehydes is 1. The summed E-state index contributed by atoms with van der Waals surface area (Å²) in [6.07, 6.45) is 3.31. The number of aromatic nitrogens is 2. The molecule has 0 aliphatic heterocycles. The average Bonchev–Trinajstić information content (AvgIpc) is 3.52. The SMILES string of the molecule is CNC(=O)c1nnc(NC)cc1Nc1cccc(Br)c1OC.O=CC1CC1. The molecule has 1 aromatic carbocycles. The molecule has 1 aromatic heterocycles. The van der Waals surface area contributed by atoms with Crippen molar-refractivity contribution in [2.75, 3.05) is 31.8 Å². The van der Waals surface area contributed by atoms with Crippen molar-refractivity contribution in [2.45, 2.75) is 12.8 Å². The molecule has 0 unspecified atom stereocenters. The number of nitrogens with zero attached hydrogens (tertiary/aromatic N) is 2. The van der Waals surface area contributed by atoms with E-state index in [1.165, 1.54) is 0 Å². The van der Waals surface area contributed by atoms with Gasteiger partial charge in [0.25, 0.3) is 5.91 Å². The molecule has 0 radical (unpaired) electrons. The summed E-state index contributed by atoms with van der Waals surface area (Å²) in [5, 5.41) is 16.5. The van der Waals surface area contributed by atoms with E-state index in [0.29, 0.717) is 28.9 Å². The number of methoxy groups -OCH3 is 1. The molecule has 144 valence electrons. The lowest BCUT2D eigenvalue weighted by atomic mass is 10.2. The topological polar surface area (TPSA) is 105 Å². The van der Waals surface area contributed by atoms with Crippen LogP contribution in [0.2, 0.25) is 0 Å². The molecule has 1 aliphatic carbocycles. The Morgan fingerprint density at radius 1 is 1.26 bits per heavy atom. The lowest BCUT2D eigenvalue weighted by Crippen LogP contribution is -2.21. The van der Waals surface area contributed by atoms with Gasteiger partial charge in [-0.2, -0.15) is 0 Å². The van der Waals surface area contributed by atoms with Crippen LogP contribution in [0.25, 0.3) is 0 Å². The van der Waals surface area contributed by atoms with Gasteiger partial charge in [-0.05, 0) is 40.9 Å². The fourth-order valence-electron chi connectivity index (χ4n) is 2.09. The number of para-hydroxylation sites is 1. The molecule has 9 heteroatoms. The Morgan fingerprint density at radius 2 is 2.00 bits per heavy atom. The van der Waals surface area contributed by atoms with Gasteiger partial charge in [-0.25, -0.2) is 0 Å². The summed E-state index contributed by atoms with van der Waals surface area (Å²) < 4.78 is 6.17. The van der Waals surface area contributed by atoms with E-state index in [1.807, 2.05) is 18.2 Å². The summed E-state index contributed by atoms with van der Waals surface area (Å²) >= 11 is 3.43. The second-order valence-corrected chi connectivity index (χ2v) is 6.59. The monoisotopic (exact) mass is 435 g/mol. The fourth-order valence-corrected chi connectivity index (χ4v) is 2.62. The number of anilines is 3. The average molecular weight is 436 g/mol. The van der Waals surface area contributed by atoms with Gasteiger partial charge in [0.2, 0.25) is 0 Å². The third kappa shape index (κ3) is 5.65. The highest BCUT2D eigenvalue weighted by Crippen LogP contribution is 2.35. The van der Waals surface area contributed by atoms with Gasteiger partial charge in [0.05, 0.1) is 23.0 Å². The first-order valence-electron chi connectivity index (χ1n) is 8.36. The molecule has 0 atom stereocenters. The highest BCUT2D eigenvalue weighted by molar-refractivity contribution is 9.10. The van der Waals surface area contributed by atoms with Crippen LogP contribution < -0.4 is 20.7 Å². The lowest BCUT2D eigenvalue weighted by Gasteiger charge is -2.14. The van der Waals surface area contributed by atoms with Crippen LogP contribution in [0.4, 0.5) is 17.2 Å². The van der Waals surface area contributed by atoms with Crippen LogP contribution in [-0.2, 0) is 4.79 Å². The highest BCUT2D eigenvalue weighted by Gasteiger charge is 2.19. The van der Waals surface area contributed by atoms with Crippen molar-refractivity contribution in [1.29, 1.82) is 0 Å². The van der Waals surface area contributed by atoms with Crippen LogP contribution in [0.3, 0.4) is 0 Å². The molecule has 0 saturated heterocycles. The summed E-state index contributed by atoms with van der Waals surface area (Å²) in [5.41, 5.74) is 1.43. The van der Waals surface area contributed by atoms with Crippen molar-refractivity contribution in [3.05, 3.63) is 34.4 Å². The third-order valence-corrected chi connectivity index (χ3v) is 4.37. The van der Waals surface area contributed by atoms with E-state index in [0.717, 1.165) is 23.6 Å². The second-order valence-electron chi connectivity index (χ2n) is 5.74. The van der Waals surface area contributed by atoms with E-state index in [1.54, 1.807) is 27.3 Å². The van der Waals surface area contributed by atoms with Crippen molar-refractivity contribution in [1.82, 2.24) is 15.5 Å². The van der Waals surface area contributed by atoms with Gasteiger partial charge >= 0.3 is 0 Å². The van der Waals surface area contributed by atoms with Crippen LogP contribution in [0, 0.1) is 5.92 Å². The Kier molecular flexibility index (Phi) is 7.54. The van der Waals surface area contributed by atoms with Gasteiger partial charge in [0.1, 0.15) is 6.29 Å². The summed E-state index contributed by atoms with van der Waals surface area (Å²) in [6.45, 7) is 0. The van der Waals surface area contributed by atoms with Crippen LogP contribution in [0.15, 0.2) is 28.7 Å². The summed E-state index contributed by atoms with van der Waals surface area (Å²) in [5.74, 6) is 1.30. The van der Waals surface area contributed by atoms with Crippen LogP contribution in [0.5, 0.6) is 5.75 Å². The van der Waals surface area contributed by atoms with E-state index >= 15 is 0 Å². The number of hydrogen-bond acceptors (Lipinski definition) is 7. The van der Waals surface area contributed by atoms with Crippen LogP contribution in [-0.4, -0.2) is 43.6 Å². The minimum atomic E-state index is -0.327. The van der Waals surface area contributed by atoms with Gasteiger partial charge in [0, 0.05) is 26.1 Å². The van der Waals surface area contributed by atoms with Crippen molar-refractivity contribution in [3.8, 4) is 5.75 Å². The number of halogens is 1. The van der Waals surface area contributed by atoms with Crippen LogP contribution >= 0.6 is 15.9 Å². The molecule has 3 N–H and O–H groups in total. The largest absolute Gasteiger partial charge is 0.493 e. The number of carbonyl (C=O) groups is 2. The molecular weight excluding hydrogens is 414 g/mol. The molecular formula is C18H22BrN5O3. The molecule has 27 heavy (non-hydrogen) atoms. The Labute approximate surface area is 166 Å². The number of nitrogens with one attached hydrogen (secondary N) is 3. The Hall–Kier alpha value is -2.68. The quantitative estimate of drug-likeness (QED) is 0.598. The first-order valence-corrected chi connectivity index (χ1v) is 9.15. The van der Waals surface area contributed by atoms with Crippen molar-refractivity contribution in [2.24, 2.45) is 5.92 Å². The Balaban J connectivity index is 0.000000451. The van der Waals surface area contributed by atoms with Gasteiger partial charge < -0.3 is 25.5 Å². The van der Waals surface area contributed by atoms with Gasteiger partial charge in [0.15, 0.2) is 17.3 Å². The smallest absolute Gasteiger partial charge is 0.273 e. The zero-order chi connectivity index (χ0) is 19.8. The summed E-state index contributed by atoms with van der Waals surface area (Å²) in [7, 11) is 4.85. The first kappa shape index (κ1) is 20.6. The Bertz CT molecular complexity index is 812. The summed E-state index contributed by atoms with van der Waals surface area (Å²) in [6, 6.07) is 7.28. The number of hydrogen-bond donors (Lipinski definition) is 3. The molecule has 0 bridgehead atoms. The fraction of sp³-hybridized carbons (Fsp3) is 0.333. The van der Waals surface area contributed by atoms with E-state index in [-0.39, 0.29) is 11.6 Å². The highest BCUT2D eigenvalue weighted by atomic mass is 79.9. The van der Waals surface area contributed by atoms with E-state index in [4.69, 9.17) is 4.74 Å². The number of rotatable bonds is 6. The van der Waals surface area contributed by atoms with Gasteiger partial charge in [-0.3, -0.25) is 4.79 Å². The molecule has 1 fully saturated rings. The maximum atomic E-state index is 11.9. The molecule has 1 heterocycles. The zero-order valence-electron chi connectivity index (χ0n) is 15.4. The zero-order valence-corrected chi connectivity index (χ0v) is 17.0. The summed E-state index contributed by atoms with van der Waals surface area (Å²) in [4.78, 5) is 21.5. The first-order chi connectivity index (χ1) is 13.0. The van der Waals surface area contributed by atoms with E-state index < -0.39 is 0 Å². The number of carbonyl (C=O) groups excluding carboxylic acids is 2. The lowest BCUT2D eigenvalue weighted by molar-refractivity contribution is -0.108. The third-order valence-electron chi connectivity index (χ3n) is 3.75. The van der Waals surface area contributed by atoms with E-state index in [2.05, 4.69) is 42.1 Å². The van der Waals surface area contributed by atoms with E-state index in [9.17, 15) is 9.59 Å².